The van der Waals surface area contributed by atoms with Gasteiger partial charge in [0.1, 0.15) is 0 Å². The number of unbranched alkanes of at least 4 members (excludes halogenated alkanes) is 5. The van der Waals surface area contributed by atoms with Crippen LogP contribution < -0.4 is 0 Å². The number of carbonyl (C=O) groups is 4. The molecule has 7 nitrogen and oxygen atoms in total. The summed E-state index contributed by atoms with van der Waals surface area (Å²) in [4.78, 5) is 50.1. The molecule has 0 heterocycles. The van der Waals surface area contributed by atoms with Crippen molar-refractivity contribution in [3.8, 4) is 0 Å². The monoisotopic (exact) mass is 428 g/mol. The largest absolute Gasteiger partial charge is 0.466 e. The van der Waals surface area contributed by atoms with Gasteiger partial charge in [0.05, 0.1) is 17.9 Å². The molecule has 174 valence electrons. The second-order valence-corrected chi connectivity index (χ2v) is 9.66. The molecule has 0 aliphatic carbocycles. The third kappa shape index (κ3) is 10.2. The Morgan fingerprint density at radius 1 is 0.700 bits per heavy atom. The second kappa shape index (κ2) is 12.7. The highest BCUT2D eigenvalue weighted by molar-refractivity contribution is 5.93. The van der Waals surface area contributed by atoms with E-state index in [9.17, 15) is 19.2 Å². The third-order valence-corrected chi connectivity index (χ3v) is 4.50. The zero-order valence-corrected chi connectivity index (χ0v) is 20.0. The van der Waals surface area contributed by atoms with E-state index in [0.29, 0.717) is 6.42 Å². The number of rotatable bonds is 12. The van der Waals surface area contributed by atoms with E-state index in [1.807, 2.05) is 0 Å². The number of Topliss-reactive ketones (excluding diaryl/α,β-unsaturated/α-hetero) is 1. The van der Waals surface area contributed by atoms with Crippen molar-refractivity contribution in [2.24, 2.45) is 10.8 Å². The van der Waals surface area contributed by atoms with Gasteiger partial charge in [-0.2, -0.15) is 0 Å². The summed E-state index contributed by atoms with van der Waals surface area (Å²) < 4.78 is 15.5. The zero-order chi connectivity index (χ0) is 23.5. The van der Waals surface area contributed by atoms with Crippen LogP contribution in [0.4, 0.5) is 0 Å². The van der Waals surface area contributed by atoms with Crippen molar-refractivity contribution in [3.05, 3.63) is 0 Å². The fraction of sp³-hybridized carbons (Fsp3) is 0.826. The molecule has 0 unspecified atom stereocenters. The van der Waals surface area contributed by atoms with Gasteiger partial charge in [0.25, 0.3) is 0 Å². The van der Waals surface area contributed by atoms with Crippen LogP contribution in [0.3, 0.4) is 0 Å². The minimum Gasteiger partial charge on any atom is -0.466 e. The van der Waals surface area contributed by atoms with Crippen LogP contribution in [0.2, 0.25) is 0 Å². The first-order valence-corrected chi connectivity index (χ1v) is 10.8. The number of carbonyl (C=O) groups excluding carboxylic acids is 4. The van der Waals surface area contributed by atoms with Crippen LogP contribution in [0.15, 0.2) is 0 Å². The summed E-state index contributed by atoms with van der Waals surface area (Å²) in [6, 6.07) is 0. The van der Waals surface area contributed by atoms with Gasteiger partial charge < -0.3 is 14.2 Å². The van der Waals surface area contributed by atoms with Crippen molar-refractivity contribution in [1.29, 1.82) is 0 Å². The van der Waals surface area contributed by atoms with Gasteiger partial charge >= 0.3 is 17.9 Å². The van der Waals surface area contributed by atoms with Crippen molar-refractivity contribution in [2.45, 2.75) is 106 Å². The van der Waals surface area contributed by atoms with E-state index in [1.165, 1.54) is 0 Å². The summed E-state index contributed by atoms with van der Waals surface area (Å²) in [5.41, 5.74) is -1.80. The highest BCUT2D eigenvalue weighted by Crippen LogP contribution is 2.23. The number of methoxy groups -OCH3 is 1. The lowest BCUT2D eigenvalue weighted by molar-refractivity contribution is -0.189. The maximum atomic E-state index is 12.9. The summed E-state index contributed by atoms with van der Waals surface area (Å²) >= 11 is 0. The smallest absolute Gasteiger partial charge is 0.351 e. The zero-order valence-electron chi connectivity index (χ0n) is 20.0. The molecule has 0 saturated carbocycles. The lowest BCUT2D eigenvalue weighted by atomic mass is 9.95. The highest BCUT2D eigenvalue weighted by atomic mass is 16.6. The van der Waals surface area contributed by atoms with Gasteiger partial charge in [-0.25, -0.2) is 4.79 Å². The van der Waals surface area contributed by atoms with Gasteiger partial charge in [0.2, 0.25) is 12.2 Å². The molecule has 0 spiro atoms. The topological polar surface area (TPSA) is 96.0 Å². The molecule has 7 heteroatoms. The molecule has 0 saturated heterocycles. The van der Waals surface area contributed by atoms with Crippen LogP contribution in [0.5, 0.6) is 0 Å². The van der Waals surface area contributed by atoms with Crippen molar-refractivity contribution in [1.82, 2.24) is 0 Å². The summed E-state index contributed by atoms with van der Waals surface area (Å²) in [5, 5.41) is 0. The molecular formula is C23H40O7. The molecule has 0 aliphatic heterocycles. The van der Waals surface area contributed by atoms with Crippen molar-refractivity contribution >= 4 is 23.7 Å². The van der Waals surface area contributed by atoms with Gasteiger partial charge in [-0.1, -0.05) is 39.0 Å². The molecule has 2 atom stereocenters. The Balaban J connectivity index is 5.52. The maximum absolute atomic E-state index is 12.9. The Labute approximate surface area is 181 Å². The molecule has 0 amide bonds. The molecule has 0 N–H and O–H groups in total. The molecule has 0 aromatic carbocycles. The Morgan fingerprint density at radius 2 is 1.13 bits per heavy atom. The Hall–Kier alpha value is -1.92. The van der Waals surface area contributed by atoms with Gasteiger partial charge in [-0.15, -0.1) is 0 Å². The average molecular weight is 429 g/mol. The lowest BCUT2D eigenvalue weighted by Crippen LogP contribution is -2.48. The first kappa shape index (κ1) is 28.1. The van der Waals surface area contributed by atoms with Crippen LogP contribution in [0, 0.1) is 10.8 Å². The van der Waals surface area contributed by atoms with Gasteiger partial charge in [0.15, 0.2) is 5.78 Å². The van der Waals surface area contributed by atoms with E-state index in [4.69, 9.17) is 14.2 Å². The SMILES string of the molecule is CCCCCCCCC(=O)[C@H](OC(=O)C(C)(C)C)[C@@H](OC(=O)C(C)(C)C)C(=O)OC. The molecule has 0 aromatic rings. The van der Waals surface area contributed by atoms with Crippen LogP contribution in [-0.2, 0) is 33.4 Å². The van der Waals surface area contributed by atoms with Gasteiger partial charge in [0, 0.05) is 6.42 Å². The minimum atomic E-state index is -1.64. The Kier molecular flexibility index (Phi) is 11.9. The second-order valence-electron chi connectivity index (χ2n) is 9.66. The number of ether oxygens (including phenoxy) is 3. The third-order valence-electron chi connectivity index (χ3n) is 4.50. The van der Waals surface area contributed by atoms with E-state index in [1.54, 1.807) is 41.5 Å². The van der Waals surface area contributed by atoms with Crippen LogP contribution >= 0.6 is 0 Å². The van der Waals surface area contributed by atoms with Crippen LogP contribution in [0.25, 0.3) is 0 Å². The normalized spacial score (nSPS) is 13.9. The lowest BCUT2D eigenvalue weighted by Gasteiger charge is -2.29. The number of hydrogen-bond donors (Lipinski definition) is 0. The molecule has 0 aromatic heterocycles. The summed E-state index contributed by atoms with van der Waals surface area (Å²) in [6.07, 6.45) is 2.79. The summed E-state index contributed by atoms with van der Waals surface area (Å²) in [7, 11) is 1.13. The number of hydrogen-bond acceptors (Lipinski definition) is 7. The quantitative estimate of drug-likeness (QED) is 0.258. The van der Waals surface area contributed by atoms with Gasteiger partial charge in [-0.05, 0) is 48.0 Å². The molecule has 0 bridgehead atoms. The molecule has 0 radical (unpaired) electrons. The molecule has 30 heavy (non-hydrogen) atoms. The number of esters is 3. The predicted octanol–water partition coefficient (Wildman–Crippen LogP) is 4.39. The molecular weight excluding hydrogens is 388 g/mol. The minimum absolute atomic E-state index is 0.120. The Morgan fingerprint density at radius 3 is 1.57 bits per heavy atom. The molecule has 0 rings (SSSR count). The van der Waals surface area contributed by atoms with Crippen LogP contribution in [-0.4, -0.2) is 43.0 Å². The fourth-order valence-electron chi connectivity index (χ4n) is 2.45. The average Bonchev–Trinajstić information content (AvgIpc) is 2.64. The van der Waals surface area contributed by atoms with E-state index >= 15 is 0 Å². The predicted molar refractivity (Wildman–Crippen MR) is 114 cm³/mol. The highest BCUT2D eigenvalue weighted by Gasteiger charge is 2.43. The van der Waals surface area contributed by atoms with E-state index in [-0.39, 0.29) is 6.42 Å². The maximum Gasteiger partial charge on any atom is 0.351 e. The van der Waals surface area contributed by atoms with Crippen LogP contribution in [0.1, 0.15) is 93.4 Å². The Bertz CT molecular complexity index is 581. The standard InChI is InChI=1S/C23H40O7/c1-9-10-11-12-13-14-15-16(24)17(29-20(26)22(2,3)4)18(19(25)28-8)30-21(27)23(5,6)7/h17-18H,9-15H2,1-8H3/t17-,18+/m0/s1. The van der Waals surface area contributed by atoms with E-state index in [2.05, 4.69) is 6.92 Å². The van der Waals surface area contributed by atoms with E-state index in [0.717, 1.165) is 39.2 Å². The van der Waals surface area contributed by atoms with Gasteiger partial charge in [-0.3, -0.25) is 14.4 Å². The molecule has 0 aliphatic rings. The first-order valence-electron chi connectivity index (χ1n) is 10.8. The number of ketones is 1. The van der Waals surface area contributed by atoms with Crippen molar-refractivity contribution in [3.63, 3.8) is 0 Å². The van der Waals surface area contributed by atoms with Crippen molar-refractivity contribution in [2.75, 3.05) is 7.11 Å². The fourth-order valence-corrected chi connectivity index (χ4v) is 2.45. The molecule has 0 fully saturated rings. The summed E-state index contributed by atoms with van der Waals surface area (Å²) in [5.74, 6) is -2.75. The first-order chi connectivity index (χ1) is 13.8. The van der Waals surface area contributed by atoms with Crippen molar-refractivity contribution < 1.29 is 33.4 Å². The van der Waals surface area contributed by atoms with E-state index < -0.39 is 46.7 Å². The summed E-state index contributed by atoms with van der Waals surface area (Å²) in [6.45, 7) is 11.9.